The van der Waals surface area contributed by atoms with Crippen LogP contribution in [0.4, 0.5) is 5.00 Å². The average Bonchev–Trinajstić information content (AvgIpc) is 3.08. The molecule has 30 heavy (non-hydrogen) atoms. The number of amides is 2. The van der Waals surface area contributed by atoms with E-state index in [0.29, 0.717) is 31.2 Å². The fourth-order valence-corrected chi connectivity index (χ4v) is 4.14. The van der Waals surface area contributed by atoms with E-state index in [0.717, 1.165) is 11.3 Å². The molecular formula is C20H17ClN4O4S. The predicted octanol–water partition coefficient (Wildman–Crippen LogP) is 3.85. The van der Waals surface area contributed by atoms with Gasteiger partial charge in [-0.15, -0.1) is 11.3 Å². The fraction of sp³-hybridized carbons (Fsp3) is 0.150. The highest BCUT2D eigenvalue weighted by atomic mass is 35.5. The van der Waals surface area contributed by atoms with E-state index < -0.39 is 5.97 Å². The third kappa shape index (κ3) is 4.64. The Morgan fingerprint density at radius 2 is 1.97 bits per heavy atom. The summed E-state index contributed by atoms with van der Waals surface area (Å²) in [5.74, 6) is -1.25. The molecular weight excluding hydrogens is 428 g/mol. The molecule has 10 heteroatoms. The number of ether oxygens (including phenoxy) is 1. The number of rotatable bonds is 6. The first kappa shape index (κ1) is 21.4. The van der Waals surface area contributed by atoms with Gasteiger partial charge in [-0.25, -0.2) is 10.2 Å². The molecule has 0 aliphatic heterocycles. The van der Waals surface area contributed by atoms with Crippen LogP contribution in [0.1, 0.15) is 40.1 Å². The van der Waals surface area contributed by atoms with Gasteiger partial charge in [0.25, 0.3) is 5.91 Å². The number of esters is 1. The summed E-state index contributed by atoms with van der Waals surface area (Å²) in [4.78, 5) is 39.9. The second kappa shape index (κ2) is 9.47. The number of pyridine rings is 1. The van der Waals surface area contributed by atoms with E-state index in [1.54, 1.807) is 31.2 Å². The van der Waals surface area contributed by atoms with Crippen molar-refractivity contribution in [3.63, 3.8) is 0 Å². The molecule has 0 unspecified atom stereocenters. The van der Waals surface area contributed by atoms with E-state index in [4.69, 9.17) is 16.3 Å². The van der Waals surface area contributed by atoms with Crippen molar-refractivity contribution in [1.82, 2.24) is 10.4 Å². The van der Waals surface area contributed by atoms with Crippen molar-refractivity contribution in [2.24, 2.45) is 5.10 Å². The molecule has 0 aliphatic rings. The summed E-state index contributed by atoms with van der Waals surface area (Å²) in [5.41, 5.74) is 3.62. The Morgan fingerprint density at radius 1 is 1.23 bits per heavy atom. The van der Waals surface area contributed by atoms with Crippen LogP contribution in [0.2, 0.25) is 5.02 Å². The lowest BCUT2D eigenvalue weighted by molar-refractivity contribution is -0.114. The lowest BCUT2D eigenvalue weighted by Gasteiger charge is -2.05. The van der Waals surface area contributed by atoms with Gasteiger partial charge < -0.3 is 10.1 Å². The summed E-state index contributed by atoms with van der Waals surface area (Å²) in [5, 5.41) is 7.85. The number of hydrazone groups is 1. The van der Waals surface area contributed by atoms with Gasteiger partial charge in [-0.2, -0.15) is 5.10 Å². The van der Waals surface area contributed by atoms with Gasteiger partial charge >= 0.3 is 5.97 Å². The Balaban J connectivity index is 1.92. The van der Waals surface area contributed by atoms with Crippen LogP contribution in [0.5, 0.6) is 0 Å². The van der Waals surface area contributed by atoms with Gasteiger partial charge in [-0.1, -0.05) is 23.7 Å². The van der Waals surface area contributed by atoms with Gasteiger partial charge in [0.1, 0.15) is 10.6 Å². The van der Waals surface area contributed by atoms with Crippen molar-refractivity contribution in [3.05, 3.63) is 58.4 Å². The summed E-state index contributed by atoms with van der Waals surface area (Å²) in [6, 6.07) is 6.49. The molecule has 154 valence electrons. The molecule has 3 rings (SSSR count). The SMILES string of the molecule is CCOC(=O)c1c(NC(C)=O)sc2c(Cl)c(C=NNC(=O)c3ccncc3)ccc12. The summed E-state index contributed by atoms with van der Waals surface area (Å²) in [6.07, 6.45) is 4.42. The molecule has 2 heterocycles. The highest BCUT2D eigenvalue weighted by Gasteiger charge is 2.23. The van der Waals surface area contributed by atoms with Gasteiger partial charge in [0.05, 0.1) is 22.5 Å². The van der Waals surface area contributed by atoms with Gasteiger partial charge in [0.2, 0.25) is 5.91 Å². The highest BCUT2D eigenvalue weighted by molar-refractivity contribution is 7.24. The Bertz CT molecular complexity index is 1140. The standard InChI is InChI=1S/C20H17ClN4O4S/c1-3-29-20(28)15-14-5-4-13(16(21)17(14)30-19(15)24-11(2)26)10-23-25-18(27)12-6-8-22-9-7-12/h4-10H,3H2,1-2H3,(H,24,26)(H,25,27). The lowest BCUT2D eigenvalue weighted by Crippen LogP contribution is -2.17. The van der Waals surface area contributed by atoms with Crippen molar-refractivity contribution in [2.45, 2.75) is 13.8 Å². The van der Waals surface area contributed by atoms with Crippen LogP contribution in [0, 0.1) is 0 Å². The topological polar surface area (TPSA) is 110 Å². The second-order valence-corrected chi connectivity index (χ2v) is 7.39. The molecule has 2 N–H and O–H groups in total. The summed E-state index contributed by atoms with van der Waals surface area (Å²) in [6.45, 7) is 3.25. The Hall–Kier alpha value is -3.30. The zero-order chi connectivity index (χ0) is 21.7. The van der Waals surface area contributed by atoms with E-state index in [2.05, 4.69) is 20.8 Å². The summed E-state index contributed by atoms with van der Waals surface area (Å²) < 4.78 is 5.71. The van der Waals surface area contributed by atoms with E-state index >= 15 is 0 Å². The second-order valence-electron chi connectivity index (χ2n) is 5.99. The number of nitrogens with one attached hydrogen (secondary N) is 2. The summed E-state index contributed by atoms with van der Waals surface area (Å²) in [7, 11) is 0. The minimum absolute atomic E-state index is 0.200. The lowest BCUT2D eigenvalue weighted by atomic mass is 10.1. The Kier molecular flexibility index (Phi) is 6.76. The number of hydrogen-bond donors (Lipinski definition) is 2. The fourth-order valence-electron chi connectivity index (χ4n) is 2.63. The van der Waals surface area contributed by atoms with Crippen LogP contribution in [0.25, 0.3) is 10.1 Å². The number of anilines is 1. The van der Waals surface area contributed by atoms with E-state index in [1.807, 2.05) is 0 Å². The van der Waals surface area contributed by atoms with E-state index in [9.17, 15) is 14.4 Å². The zero-order valence-corrected chi connectivity index (χ0v) is 17.6. The predicted molar refractivity (Wildman–Crippen MR) is 116 cm³/mol. The molecule has 0 saturated heterocycles. The van der Waals surface area contributed by atoms with Crippen LogP contribution in [0.3, 0.4) is 0 Å². The van der Waals surface area contributed by atoms with Crippen molar-refractivity contribution in [3.8, 4) is 0 Å². The number of carbonyl (C=O) groups excluding carboxylic acids is 3. The average molecular weight is 445 g/mol. The van der Waals surface area contributed by atoms with E-state index in [-0.39, 0.29) is 24.0 Å². The van der Waals surface area contributed by atoms with Crippen LogP contribution in [-0.2, 0) is 9.53 Å². The third-order valence-electron chi connectivity index (χ3n) is 3.91. The smallest absolute Gasteiger partial charge is 0.341 e. The van der Waals surface area contributed by atoms with Crippen LogP contribution in [-0.4, -0.2) is 35.6 Å². The number of benzene rings is 1. The van der Waals surface area contributed by atoms with Crippen molar-refractivity contribution >= 4 is 62.0 Å². The Morgan fingerprint density at radius 3 is 2.63 bits per heavy atom. The van der Waals surface area contributed by atoms with Crippen LogP contribution in [0.15, 0.2) is 41.8 Å². The third-order valence-corrected chi connectivity index (χ3v) is 5.57. The van der Waals surface area contributed by atoms with Gasteiger partial charge in [-0.3, -0.25) is 14.6 Å². The molecule has 2 amide bonds. The minimum Gasteiger partial charge on any atom is -0.462 e. The first-order valence-electron chi connectivity index (χ1n) is 8.85. The molecule has 1 aromatic carbocycles. The number of halogens is 1. The maximum Gasteiger partial charge on any atom is 0.341 e. The van der Waals surface area contributed by atoms with Crippen LogP contribution < -0.4 is 10.7 Å². The molecule has 0 atom stereocenters. The number of thiophene rings is 1. The van der Waals surface area contributed by atoms with Gasteiger partial charge in [0, 0.05) is 35.8 Å². The van der Waals surface area contributed by atoms with Crippen molar-refractivity contribution in [1.29, 1.82) is 0 Å². The molecule has 2 aromatic heterocycles. The number of nitrogens with zero attached hydrogens (tertiary/aromatic N) is 2. The van der Waals surface area contributed by atoms with Crippen molar-refractivity contribution in [2.75, 3.05) is 11.9 Å². The minimum atomic E-state index is -0.547. The maximum absolute atomic E-state index is 12.4. The maximum atomic E-state index is 12.4. The molecule has 0 bridgehead atoms. The molecule has 0 saturated carbocycles. The molecule has 0 spiro atoms. The Labute approximate surface area is 180 Å². The van der Waals surface area contributed by atoms with E-state index in [1.165, 1.54) is 25.5 Å². The molecule has 0 aliphatic carbocycles. The number of carbonyl (C=O) groups is 3. The van der Waals surface area contributed by atoms with Crippen molar-refractivity contribution < 1.29 is 19.1 Å². The van der Waals surface area contributed by atoms with Gasteiger partial charge in [0.15, 0.2) is 0 Å². The van der Waals surface area contributed by atoms with Crippen LogP contribution >= 0.6 is 22.9 Å². The molecule has 8 nitrogen and oxygen atoms in total. The monoisotopic (exact) mass is 444 g/mol. The normalized spacial score (nSPS) is 10.9. The molecule has 0 fully saturated rings. The largest absolute Gasteiger partial charge is 0.462 e. The quantitative estimate of drug-likeness (QED) is 0.341. The summed E-state index contributed by atoms with van der Waals surface area (Å²) >= 11 is 7.67. The number of aromatic nitrogens is 1. The van der Waals surface area contributed by atoms with Gasteiger partial charge in [-0.05, 0) is 19.1 Å². The molecule has 0 radical (unpaired) electrons. The highest BCUT2D eigenvalue weighted by Crippen LogP contribution is 2.41. The number of fused-ring (bicyclic) bond motifs is 1. The zero-order valence-electron chi connectivity index (χ0n) is 16.1. The first-order chi connectivity index (χ1) is 14.4. The molecule has 3 aromatic rings. The number of hydrogen-bond acceptors (Lipinski definition) is 7. The first-order valence-corrected chi connectivity index (χ1v) is 10.0.